The third kappa shape index (κ3) is 4.02. The fourth-order valence-corrected chi connectivity index (χ4v) is 2.33. The third-order valence-electron chi connectivity index (χ3n) is 3.36. The Balaban J connectivity index is 2.17. The molecule has 20 heavy (non-hydrogen) atoms. The van der Waals surface area contributed by atoms with Crippen molar-refractivity contribution < 1.29 is 0 Å². The Kier molecular flexibility index (Phi) is 5.50. The van der Waals surface area contributed by atoms with Crippen LogP contribution in [0.2, 0.25) is 5.15 Å². The van der Waals surface area contributed by atoms with Crippen LogP contribution >= 0.6 is 11.6 Å². The third-order valence-corrected chi connectivity index (χ3v) is 3.55. The van der Waals surface area contributed by atoms with Crippen molar-refractivity contribution in [2.75, 3.05) is 19.6 Å². The molecule has 2 rings (SSSR count). The average Bonchev–Trinajstić information content (AvgIpc) is 2.49. The van der Waals surface area contributed by atoms with E-state index >= 15 is 0 Å². The predicted molar refractivity (Wildman–Crippen MR) is 84.0 cm³/mol. The van der Waals surface area contributed by atoms with Crippen LogP contribution in [0.3, 0.4) is 0 Å². The van der Waals surface area contributed by atoms with Gasteiger partial charge in [0.05, 0.1) is 5.69 Å². The van der Waals surface area contributed by atoms with E-state index in [1.807, 2.05) is 36.4 Å². The minimum Gasteiger partial charge on any atom is -0.303 e. The highest BCUT2D eigenvalue weighted by Gasteiger charge is 2.07. The molecule has 0 aliphatic heterocycles. The SMILES string of the molecule is CCN(CC)CCc1nc(Cl)cc(-c2ccccc2)n1. The Morgan fingerprint density at radius 2 is 1.75 bits per heavy atom. The lowest BCUT2D eigenvalue weighted by molar-refractivity contribution is 0.306. The summed E-state index contributed by atoms with van der Waals surface area (Å²) >= 11 is 6.12. The quantitative estimate of drug-likeness (QED) is 0.760. The van der Waals surface area contributed by atoms with Gasteiger partial charge in [0, 0.05) is 24.6 Å². The molecule has 0 saturated carbocycles. The summed E-state index contributed by atoms with van der Waals surface area (Å²) in [5, 5.41) is 0.508. The summed E-state index contributed by atoms with van der Waals surface area (Å²) in [6.07, 6.45) is 0.822. The zero-order chi connectivity index (χ0) is 14.4. The van der Waals surface area contributed by atoms with Gasteiger partial charge < -0.3 is 4.90 Å². The molecule has 0 atom stereocenters. The number of nitrogens with zero attached hydrogens (tertiary/aromatic N) is 3. The van der Waals surface area contributed by atoms with E-state index in [0.29, 0.717) is 5.15 Å². The molecule has 1 aromatic carbocycles. The van der Waals surface area contributed by atoms with Crippen LogP contribution in [0.15, 0.2) is 36.4 Å². The van der Waals surface area contributed by atoms with Crippen molar-refractivity contribution in [3.8, 4) is 11.3 Å². The summed E-state index contributed by atoms with van der Waals surface area (Å²) in [5.74, 6) is 0.809. The van der Waals surface area contributed by atoms with E-state index in [0.717, 1.165) is 43.1 Å². The smallest absolute Gasteiger partial charge is 0.133 e. The molecular formula is C16H20ClN3. The summed E-state index contributed by atoms with van der Waals surface area (Å²) in [6.45, 7) is 7.38. The zero-order valence-electron chi connectivity index (χ0n) is 12.0. The van der Waals surface area contributed by atoms with Gasteiger partial charge in [-0.3, -0.25) is 0 Å². The highest BCUT2D eigenvalue weighted by atomic mass is 35.5. The lowest BCUT2D eigenvalue weighted by atomic mass is 10.1. The Morgan fingerprint density at radius 3 is 2.40 bits per heavy atom. The van der Waals surface area contributed by atoms with Crippen LogP contribution in [0.25, 0.3) is 11.3 Å². The lowest BCUT2D eigenvalue weighted by Gasteiger charge is -2.17. The number of hydrogen-bond donors (Lipinski definition) is 0. The Morgan fingerprint density at radius 1 is 1.05 bits per heavy atom. The first-order chi connectivity index (χ1) is 9.72. The predicted octanol–water partition coefficient (Wildman–Crippen LogP) is 3.68. The molecule has 2 aromatic rings. The number of rotatable bonds is 6. The summed E-state index contributed by atoms with van der Waals surface area (Å²) in [6, 6.07) is 11.9. The molecule has 106 valence electrons. The molecule has 1 aromatic heterocycles. The second-order valence-corrected chi connectivity index (χ2v) is 5.02. The highest BCUT2D eigenvalue weighted by molar-refractivity contribution is 6.29. The minimum atomic E-state index is 0.508. The van der Waals surface area contributed by atoms with Gasteiger partial charge in [-0.1, -0.05) is 55.8 Å². The summed E-state index contributed by atoms with van der Waals surface area (Å²) in [5.41, 5.74) is 1.96. The molecule has 0 aliphatic carbocycles. The van der Waals surface area contributed by atoms with E-state index in [-0.39, 0.29) is 0 Å². The molecule has 0 aliphatic rings. The first-order valence-electron chi connectivity index (χ1n) is 7.04. The van der Waals surface area contributed by atoms with Gasteiger partial charge in [0.25, 0.3) is 0 Å². The van der Waals surface area contributed by atoms with Crippen LogP contribution in [0, 0.1) is 0 Å². The topological polar surface area (TPSA) is 29.0 Å². The number of aromatic nitrogens is 2. The number of likely N-dealkylation sites (N-methyl/N-ethyl adjacent to an activating group) is 1. The molecule has 0 bridgehead atoms. The van der Waals surface area contributed by atoms with Crippen LogP contribution in [-0.2, 0) is 6.42 Å². The first kappa shape index (κ1) is 14.9. The summed E-state index contributed by atoms with van der Waals surface area (Å²) in [4.78, 5) is 11.3. The number of hydrogen-bond acceptors (Lipinski definition) is 3. The zero-order valence-corrected chi connectivity index (χ0v) is 12.8. The van der Waals surface area contributed by atoms with Crippen LogP contribution in [0.4, 0.5) is 0 Å². The Hall–Kier alpha value is -1.45. The monoisotopic (exact) mass is 289 g/mol. The molecule has 0 N–H and O–H groups in total. The van der Waals surface area contributed by atoms with Crippen molar-refractivity contribution in [2.45, 2.75) is 20.3 Å². The first-order valence-corrected chi connectivity index (χ1v) is 7.42. The van der Waals surface area contributed by atoms with Gasteiger partial charge in [0.1, 0.15) is 11.0 Å². The molecule has 0 fully saturated rings. The molecule has 0 spiro atoms. The van der Waals surface area contributed by atoms with Crippen molar-refractivity contribution in [3.63, 3.8) is 0 Å². The Labute approximate surface area is 125 Å². The molecule has 3 nitrogen and oxygen atoms in total. The van der Waals surface area contributed by atoms with Crippen LogP contribution < -0.4 is 0 Å². The van der Waals surface area contributed by atoms with E-state index < -0.39 is 0 Å². The molecule has 0 saturated heterocycles. The Bertz CT molecular complexity index is 539. The lowest BCUT2D eigenvalue weighted by Crippen LogP contribution is -2.25. The van der Waals surface area contributed by atoms with Gasteiger partial charge in [-0.05, 0) is 13.1 Å². The van der Waals surface area contributed by atoms with Gasteiger partial charge >= 0.3 is 0 Å². The fraction of sp³-hybridized carbons (Fsp3) is 0.375. The molecule has 0 amide bonds. The summed E-state index contributed by atoms with van der Waals surface area (Å²) in [7, 11) is 0. The van der Waals surface area contributed by atoms with Gasteiger partial charge in [0.2, 0.25) is 0 Å². The van der Waals surface area contributed by atoms with E-state index in [1.165, 1.54) is 0 Å². The normalized spacial score (nSPS) is 11.0. The highest BCUT2D eigenvalue weighted by Crippen LogP contribution is 2.19. The van der Waals surface area contributed by atoms with Crippen molar-refractivity contribution >= 4 is 11.6 Å². The molecule has 0 unspecified atom stereocenters. The van der Waals surface area contributed by atoms with Crippen molar-refractivity contribution in [1.82, 2.24) is 14.9 Å². The largest absolute Gasteiger partial charge is 0.303 e. The summed E-state index contributed by atoms with van der Waals surface area (Å²) < 4.78 is 0. The van der Waals surface area contributed by atoms with E-state index in [2.05, 4.69) is 28.7 Å². The number of benzene rings is 1. The molecule has 4 heteroatoms. The maximum Gasteiger partial charge on any atom is 0.133 e. The van der Waals surface area contributed by atoms with Gasteiger partial charge in [-0.25, -0.2) is 9.97 Å². The van der Waals surface area contributed by atoms with Crippen LogP contribution in [-0.4, -0.2) is 34.5 Å². The second kappa shape index (κ2) is 7.36. The molecule has 1 heterocycles. The van der Waals surface area contributed by atoms with Gasteiger partial charge in [0.15, 0.2) is 0 Å². The standard InChI is InChI=1S/C16H20ClN3/c1-3-20(4-2)11-10-16-18-14(12-15(17)19-16)13-8-6-5-7-9-13/h5-9,12H,3-4,10-11H2,1-2H3. The van der Waals surface area contributed by atoms with Crippen molar-refractivity contribution in [3.05, 3.63) is 47.4 Å². The minimum absolute atomic E-state index is 0.508. The van der Waals surface area contributed by atoms with Crippen LogP contribution in [0.1, 0.15) is 19.7 Å². The maximum absolute atomic E-state index is 6.12. The fourth-order valence-electron chi connectivity index (χ4n) is 2.13. The number of halogens is 1. The van der Waals surface area contributed by atoms with Gasteiger partial charge in [-0.2, -0.15) is 0 Å². The molecular weight excluding hydrogens is 270 g/mol. The van der Waals surface area contributed by atoms with E-state index in [9.17, 15) is 0 Å². The van der Waals surface area contributed by atoms with E-state index in [4.69, 9.17) is 11.6 Å². The van der Waals surface area contributed by atoms with Crippen molar-refractivity contribution in [1.29, 1.82) is 0 Å². The average molecular weight is 290 g/mol. The second-order valence-electron chi connectivity index (χ2n) is 4.64. The van der Waals surface area contributed by atoms with Gasteiger partial charge in [-0.15, -0.1) is 0 Å². The molecule has 0 radical (unpaired) electrons. The maximum atomic E-state index is 6.12. The van der Waals surface area contributed by atoms with E-state index in [1.54, 1.807) is 0 Å². The van der Waals surface area contributed by atoms with Crippen LogP contribution in [0.5, 0.6) is 0 Å². The van der Waals surface area contributed by atoms with Crippen molar-refractivity contribution in [2.24, 2.45) is 0 Å².